The molecule has 0 aliphatic carbocycles. The molecule has 0 bridgehead atoms. The number of anilines is 2. The van der Waals surface area contributed by atoms with E-state index in [1.54, 1.807) is 13.0 Å². The summed E-state index contributed by atoms with van der Waals surface area (Å²) in [6.45, 7) is 8.32. The number of hydrogen-bond donors (Lipinski definition) is 3. The molecule has 1 atom stereocenters. The van der Waals surface area contributed by atoms with Crippen molar-refractivity contribution in [3.05, 3.63) is 23.5 Å². The van der Waals surface area contributed by atoms with Crippen LogP contribution in [0.15, 0.2) is 12.1 Å². The van der Waals surface area contributed by atoms with E-state index in [0.717, 1.165) is 0 Å². The topological polar surface area (TPSA) is 58.3 Å². The Bertz CT molecular complexity index is 413. The molecule has 1 rings (SSSR count). The average molecular weight is 254 g/mol. The molecule has 4 N–H and O–H groups in total. The molecule has 0 fully saturated rings. The standard InChI is InChI=1S/C14H23FN2O/c1-9-5-13(12(16)6-11(9)15)17-8-10(18)7-14(2,3)4/h5-6,10,17-18H,7-8,16H2,1-4H3. The predicted molar refractivity (Wildman–Crippen MR) is 74.1 cm³/mol. The summed E-state index contributed by atoms with van der Waals surface area (Å²) in [7, 11) is 0. The summed E-state index contributed by atoms with van der Waals surface area (Å²) < 4.78 is 13.2. The van der Waals surface area contributed by atoms with Gasteiger partial charge in [-0.15, -0.1) is 0 Å². The van der Waals surface area contributed by atoms with Crippen molar-refractivity contribution >= 4 is 11.4 Å². The third kappa shape index (κ3) is 4.53. The molecule has 0 saturated carbocycles. The van der Waals surface area contributed by atoms with E-state index in [1.807, 2.05) is 0 Å². The summed E-state index contributed by atoms with van der Waals surface area (Å²) in [6.07, 6.45) is 0.245. The van der Waals surface area contributed by atoms with E-state index >= 15 is 0 Å². The van der Waals surface area contributed by atoms with Crippen molar-refractivity contribution in [3.63, 3.8) is 0 Å². The number of aliphatic hydroxyl groups excluding tert-OH is 1. The van der Waals surface area contributed by atoms with E-state index in [1.165, 1.54) is 6.07 Å². The number of nitrogens with two attached hydrogens (primary N) is 1. The van der Waals surface area contributed by atoms with Gasteiger partial charge in [0.2, 0.25) is 0 Å². The van der Waals surface area contributed by atoms with Gasteiger partial charge in [0.05, 0.1) is 17.5 Å². The van der Waals surface area contributed by atoms with Crippen molar-refractivity contribution < 1.29 is 9.50 Å². The van der Waals surface area contributed by atoms with Crippen LogP contribution in [0.5, 0.6) is 0 Å². The van der Waals surface area contributed by atoms with Gasteiger partial charge in [-0.05, 0) is 36.5 Å². The summed E-state index contributed by atoms with van der Waals surface area (Å²) >= 11 is 0. The second-order valence-electron chi connectivity index (χ2n) is 5.99. The lowest BCUT2D eigenvalue weighted by atomic mass is 9.89. The predicted octanol–water partition coefficient (Wildman–Crippen LogP) is 2.93. The van der Waals surface area contributed by atoms with E-state index in [2.05, 4.69) is 26.1 Å². The molecular weight excluding hydrogens is 231 g/mol. The summed E-state index contributed by atoms with van der Waals surface area (Å²) in [5.74, 6) is -0.312. The first-order valence-electron chi connectivity index (χ1n) is 6.16. The van der Waals surface area contributed by atoms with E-state index in [-0.39, 0.29) is 11.2 Å². The maximum absolute atomic E-state index is 13.2. The molecular formula is C14H23FN2O. The quantitative estimate of drug-likeness (QED) is 0.724. The number of halogens is 1. The normalized spacial score (nSPS) is 13.4. The van der Waals surface area contributed by atoms with Crippen molar-refractivity contribution in [2.75, 3.05) is 17.6 Å². The maximum Gasteiger partial charge on any atom is 0.128 e. The molecule has 0 aliphatic rings. The molecule has 0 amide bonds. The van der Waals surface area contributed by atoms with Gasteiger partial charge < -0.3 is 16.2 Å². The molecule has 18 heavy (non-hydrogen) atoms. The Morgan fingerprint density at radius 3 is 2.56 bits per heavy atom. The molecule has 1 aromatic rings. The van der Waals surface area contributed by atoms with E-state index < -0.39 is 6.10 Å². The first-order valence-corrected chi connectivity index (χ1v) is 6.16. The number of nitrogens with one attached hydrogen (secondary N) is 1. The van der Waals surface area contributed by atoms with Gasteiger partial charge in [-0.3, -0.25) is 0 Å². The van der Waals surface area contributed by atoms with Gasteiger partial charge in [0.25, 0.3) is 0 Å². The first-order chi connectivity index (χ1) is 8.19. The monoisotopic (exact) mass is 254 g/mol. The summed E-state index contributed by atoms with van der Waals surface area (Å²) in [5.41, 5.74) is 7.36. The van der Waals surface area contributed by atoms with Gasteiger partial charge >= 0.3 is 0 Å². The van der Waals surface area contributed by atoms with Crippen LogP contribution in [0.4, 0.5) is 15.8 Å². The zero-order valence-corrected chi connectivity index (χ0v) is 11.5. The second-order valence-corrected chi connectivity index (χ2v) is 5.99. The Kier molecular flexibility index (Phi) is 4.57. The lowest BCUT2D eigenvalue weighted by molar-refractivity contribution is 0.132. The number of nitrogen functional groups attached to an aromatic ring is 1. The SMILES string of the molecule is Cc1cc(NCC(O)CC(C)(C)C)c(N)cc1F. The minimum Gasteiger partial charge on any atom is -0.397 e. The number of hydrogen-bond acceptors (Lipinski definition) is 3. The molecule has 0 aliphatic heterocycles. The number of rotatable bonds is 4. The molecule has 0 saturated heterocycles. The van der Waals surface area contributed by atoms with Crippen molar-refractivity contribution in [2.45, 2.75) is 40.2 Å². The number of aliphatic hydroxyl groups is 1. The molecule has 3 nitrogen and oxygen atoms in total. The highest BCUT2D eigenvalue weighted by Crippen LogP contribution is 2.24. The van der Waals surface area contributed by atoms with E-state index in [4.69, 9.17) is 5.73 Å². The highest BCUT2D eigenvalue weighted by atomic mass is 19.1. The Hall–Kier alpha value is -1.29. The van der Waals surface area contributed by atoms with Crippen LogP contribution in [0, 0.1) is 18.2 Å². The Balaban J connectivity index is 2.61. The van der Waals surface area contributed by atoms with Crippen LogP contribution in [0.2, 0.25) is 0 Å². The highest BCUT2D eigenvalue weighted by molar-refractivity contribution is 5.67. The molecule has 0 aromatic heterocycles. The largest absolute Gasteiger partial charge is 0.397 e. The number of benzene rings is 1. The fourth-order valence-corrected chi connectivity index (χ4v) is 1.86. The van der Waals surface area contributed by atoms with Crippen LogP contribution in [0.3, 0.4) is 0 Å². The third-order valence-electron chi connectivity index (χ3n) is 2.71. The minimum atomic E-state index is -0.449. The summed E-state index contributed by atoms with van der Waals surface area (Å²) in [5, 5.41) is 12.9. The molecule has 1 unspecified atom stereocenters. The van der Waals surface area contributed by atoms with Gasteiger partial charge in [-0.2, -0.15) is 0 Å². The van der Waals surface area contributed by atoms with Crippen LogP contribution in [-0.2, 0) is 0 Å². The summed E-state index contributed by atoms with van der Waals surface area (Å²) in [6, 6.07) is 2.96. The molecule has 102 valence electrons. The molecule has 0 spiro atoms. The fourth-order valence-electron chi connectivity index (χ4n) is 1.86. The Morgan fingerprint density at radius 1 is 1.39 bits per heavy atom. The van der Waals surface area contributed by atoms with Crippen molar-refractivity contribution in [1.29, 1.82) is 0 Å². The first kappa shape index (κ1) is 14.8. The van der Waals surface area contributed by atoms with Gasteiger partial charge in [-0.1, -0.05) is 20.8 Å². The lowest BCUT2D eigenvalue weighted by Gasteiger charge is -2.23. The van der Waals surface area contributed by atoms with Crippen LogP contribution >= 0.6 is 0 Å². The zero-order chi connectivity index (χ0) is 13.9. The van der Waals surface area contributed by atoms with Crippen molar-refractivity contribution in [1.82, 2.24) is 0 Å². The molecule has 4 heteroatoms. The third-order valence-corrected chi connectivity index (χ3v) is 2.71. The molecule has 1 aromatic carbocycles. The minimum absolute atomic E-state index is 0.0748. The Morgan fingerprint density at radius 2 is 2.00 bits per heavy atom. The number of aryl methyl sites for hydroxylation is 1. The van der Waals surface area contributed by atoms with Crippen LogP contribution in [0.25, 0.3) is 0 Å². The zero-order valence-electron chi connectivity index (χ0n) is 11.5. The van der Waals surface area contributed by atoms with Gasteiger partial charge in [-0.25, -0.2) is 4.39 Å². The smallest absolute Gasteiger partial charge is 0.128 e. The maximum atomic E-state index is 13.2. The van der Waals surface area contributed by atoms with Crippen molar-refractivity contribution in [3.8, 4) is 0 Å². The Labute approximate surface area is 108 Å². The van der Waals surface area contributed by atoms with Crippen LogP contribution in [-0.4, -0.2) is 17.8 Å². The summed E-state index contributed by atoms with van der Waals surface area (Å²) in [4.78, 5) is 0. The molecule has 0 heterocycles. The average Bonchev–Trinajstić information content (AvgIpc) is 2.19. The van der Waals surface area contributed by atoms with Crippen molar-refractivity contribution in [2.24, 2.45) is 5.41 Å². The molecule has 0 radical (unpaired) electrons. The second kappa shape index (κ2) is 5.57. The van der Waals surface area contributed by atoms with Gasteiger partial charge in [0.15, 0.2) is 0 Å². The van der Waals surface area contributed by atoms with Gasteiger partial charge in [0.1, 0.15) is 5.82 Å². The van der Waals surface area contributed by atoms with Crippen LogP contribution < -0.4 is 11.1 Å². The fraction of sp³-hybridized carbons (Fsp3) is 0.571. The highest BCUT2D eigenvalue weighted by Gasteiger charge is 2.16. The van der Waals surface area contributed by atoms with Gasteiger partial charge in [0, 0.05) is 6.54 Å². The van der Waals surface area contributed by atoms with E-state index in [0.29, 0.717) is 29.9 Å². The lowest BCUT2D eigenvalue weighted by Crippen LogP contribution is -2.25. The van der Waals surface area contributed by atoms with Crippen LogP contribution in [0.1, 0.15) is 32.8 Å². The van der Waals surface area contributed by atoms with E-state index in [9.17, 15) is 9.50 Å².